The van der Waals surface area contributed by atoms with Crippen molar-refractivity contribution in [2.45, 2.75) is 51.1 Å². The summed E-state index contributed by atoms with van der Waals surface area (Å²) in [4.78, 5) is 6.23. The number of fused-ring (bicyclic) bond motifs is 1. The molecule has 39 heavy (non-hydrogen) atoms. The molecule has 1 unspecified atom stereocenters. The van der Waals surface area contributed by atoms with Gasteiger partial charge < -0.3 is 4.74 Å². The zero-order valence-corrected chi connectivity index (χ0v) is 22.1. The van der Waals surface area contributed by atoms with Crippen LogP contribution in [0.5, 0.6) is 11.5 Å². The molecule has 5 rings (SSSR count). The molecular formula is C32H33F4NO2. The van der Waals surface area contributed by atoms with E-state index in [1.807, 2.05) is 30.3 Å². The lowest BCUT2D eigenvalue weighted by molar-refractivity contribution is -0.00629. The third-order valence-corrected chi connectivity index (χ3v) is 7.63. The topological polar surface area (TPSA) is 21.7 Å². The van der Waals surface area contributed by atoms with Crippen LogP contribution in [-0.4, -0.2) is 37.3 Å². The first kappa shape index (κ1) is 27.3. The van der Waals surface area contributed by atoms with Gasteiger partial charge in [0.25, 0.3) is 5.92 Å². The minimum absolute atomic E-state index is 0.0242. The van der Waals surface area contributed by atoms with Crippen LogP contribution in [-0.2, 0) is 12.3 Å². The molecule has 1 atom stereocenters. The molecule has 0 radical (unpaired) electrons. The summed E-state index contributed by atoms with van der Waals surface area (Å²) in [6.45, 7) is 3.04. The molecule has 1 aliphatic heterocycles. The molecule has 0 N–H and O–H groups in total. The summed E-state index contributed by atoms with van der Waals surface area (Å²) in [6.07, 6.45) is 3.83. The SMILES string of the molecule is CC(F)(F)c1ccc(C2=C(c3ccc(OC4CCN(CCCF)C4)cc3)c3ccc(OF)cc3CCC2)cc1. The van der Waals surface area contributed by atoms with Crippen molar-refractivity contribution in [2.24, 2.45) is 0 Å². The lowest BCUT2D eigenvalue weighted by atomic mass is 9.87. The van der Waals surface area contributed by atoms with E-state index in [0.717, 1.165) is 91.4 Å². The third kappa shape index (κ3) is 6.30. The Hall–Kier alpha value is -3.32. The van der Waals surface area contributed by atoms with E-state index >= 15 is 0 Å². The van der Waals surface area contributed by atoms with Crippen LogP contribution in [0.15, 0.2) is 66.7 Å². The maximum Gasteiger partial charge on any atom is 0.270 e. The second-order valence-corrected chi connectivity index (χ2v) is 10.5. The molecule has 0 spiro atoms. The van der Waals surface area contributed by atoms with Gasteiger partial charge in [-0.1, -0.05) is 42.5 Å². The highest BCUT2D eigenvalue weighted by Gasteiger charge is 2.26. The van der Waals surface area contributed by atoms with Gasteiger partial charge in [-0.05, 0) is 89.8 Å². The van der Waals surface area contributed by atoms with Crippen molar-refractivity contribution < 1.29 is 27.4 Å². The Kier molecular flexibility index (Phi) is 8.26. The molecule has 0 aromatic heterocycles. The van der Waals surface area contributed by atoms with Crippen LogP contribution in [0.4, 0.5) is 17.7 Å². The summed E-state index contributed by atoms with van der Waals surface area (Å²) in [5.41, 5.74) is 5.83. The number of hydrogen-bond acceptors (Lipinski definition) is 3. The number of rotatable bonds is 9. The van der Waals surface area contributed by atoms with Gasteiger partial charge >= 0.3 is 0 Å². The number of ether oxygens (including phenoxy) is 1. The zero-order valence-electron chi connectivity index (χ0n) is 22.1. The number of halogens is 4. The molecule has 0 saturated carbocycles. The highest BCUT2D eigenvalue weighted by molar-refractivity contribution is 6.00. The van der Waals surface area contributed by atoms with Gasteiger partial charge in [-0.15, -0.1) is 0 Å². The Morgan fingerprint density at radius 1 is 0.923 bits per heavy atom. The van der Waals surface area contributed by atoms with Gasteiger partial charge in [0.05, 0.1) is 6.67 Å². The smallest absolute Gasteiger partial charge is 0.270 e. The van der Waals surface area contributed by atoms with Gasteiger partial charge in [-0.3, -0.25) is 14.2 Å². The standard InChI is InChI=1S/C32H33F4NO2/c1-32(34,35)25-10-6-22(7-11-25)29-5-2-4-24-20-27(39-36)14-15-30(24)31(29)23-8-12-26(13-9-23)38-28-16-19-37(21-28)18-3-17-33/h6-15,20,28H,2-5,16-19,21H2,1H3. The maximum absolute atomic E-state index is 13.9. The number of likely N-dealkylation sites (tertiary alicyclic amines) is 1. The van der Waals surface area contributed by atoms with Crippen LogP contribution in [0.25, 0.3) is 11.1 Å². The largest absolute Gasteiger partial charge is 0.489 e. The first-order valence-electron chi connectivity index (χ1n) is 13.5. The van der Waals surface area contributed by atoms with Crippen molar-refractivity contribution in [3.63, 3.8) is 0 Å². The second kappa shape index (κ2) is 11.8. The molecule has 1 aliphatic carbocycles. The molecule has 3 aromatic carbocycles. The van der Waals surface area contributed by atoms with Crippen molar-refractivity contribution in [1.29, 1.82) is 0 Å². The summed E-state index contributed by atoms with van der Waals surface area (Å²) in [5.74, 6) is -1.98. The number of allylic oxidation sites excluding steroid dienone is 1. The van der Waals surface area contributed by atoms with E-state index in [4.69, 9.17) is 4.74 Å². The quantitative estimate of drug-likeness (QED) is 0.256. The molecule has 206 valence electrons. The Balaban J connectivity index is 1.48. The molecule has 1 fully saturated rings. The Morgan fingerprint density at radius 3 is 2.33 bits per heavy atom. The Morgan fingerprint density at radius 2 is 1.64 bits per heavy atom. The lowest BCUT2D eigenvalue weighted by Gasteiger charge is -2.19. The van der Waals surface area contributed by atoms with E-state index in [0.29, 0.717) is 6.42 Å². The van der Waals surface area contributed by atoms with Crippen molar-refractivity contribution >= 4 is 11.1 Å². The normalized spacial score (nSPS) is 18.1. The Labute approximate surface area is 227 Å². The van der Waals surface area contributed by atoms with E-state index in [1.54, 1.807) is 24.3 Å². The van der Waals surface area contributed by atoms with Crippen LogP contribution < -0.4 is 9.68 Å². The molecule has 0 amide bonds. The maximum atomic E-state index is 13.9. The van der Waals surface area contributed by atoms with Gasteiger partial charge in [0.15, 0.2) is 5.75 Å². The number of aryl methyl sites for hydroxylation is 1. The summed E-state index contributed by atoms with van der Waals surface area (Å²) in [6, 6.07) is 19.6. The summed E-state index contributed by atoms with van der Waals surface area (Å²) >= 11 is 0. The molecule has 1 saturated heterocycles. The second-order valence-electron chi connectivity index (χ2n) is 10.5. The first-order chi connectivity index (χ1) is 18.9. The number of nitrogens with zero attached hydrogens (tertiary/aromatic N) is 1. The molecule has 7 heteroatoms. The van der Waals surface area contributed by atoms with E-state index in [9.17, 15) is 17.7 Å². The number of hydrogen-bond donors (Lipinski definition) is 0. The Bertz CT molecular complexity index is 1300. The van der Waals surface area contributed by atoms with Gasteiger partial charge in [0, 0.05) is 36.6 Å². The minimum Gasteiger partial charge on any atom is -0.489 e. The molecule has 2 aliphatic rings. The average Bonchev–Trinajstić information content (AvgIpc) is 3.29. The van der Waals surface area contributed by atoms with Crippen molar-refractivity contribution in [3.8, 4) is 11.5 Å². The van der Waals surface area contributed by atoms with Gasteiger partial charge in [-0.2, -0.15) is 0 Å². The van der Waals surface area contributed by atoms with Crippen molar-refractivity contribution in [1.82, 2.24) is 4.90 Å². The predicted molar refractivity (Wildman–Crippen MR) is 146 cm³/mol. The fourth-order valence-electron chi connectivity index (χ4n) is 5.67. The van der Waals surface area contributed by atoms with E-state index in [1.165, 1.54) is 12.1 Å². The van der Waals surface area contributed by atoms with Crippen LogP contribution >= 0.6 is 0 Å². The first-order valence-corrected chi connectivity index (χ1v) is 13.5. The molecular weight excluding hydrogens is 506 g/mol. The monoisotopic (exact) mass is 539 g/mol. The van der Waals surface area contributed by atoms with Crippen molar-refractivity contribution in [3.05, 3.63) is 94.5 Å². The fraction of sp³-hybridized carbons (Fsp3) is 0.375. The van der Waals surface area contributed by atoms with Crippen LogP contribution in [0.1, 0.15) is 60.4 Å². The highest BCUT2D eigenvalue weighted by Crippen LogP contribution is 2.42. The van der Waals surface area contributed by atoms with Gasteiger partial charge in [0.2, 0.25) is 0 Å². The van der Waals surface area contributed by atoms with Gasteiger partial charge in [0.1, 0.15) is 11.9 Å². The third-order valence-electron chi connectivity index (χ3n) is 7.63. The predicted octanol–water partition coefficient (Wildman–Crippen LogP) is 8.17. The lowest BCUT2D eigenvalue weighted by Crippen LogP contribution is -2.26. The zero-order chi connectivity index (χ0) is 27.4. The van der Waals surface area contributed by atoms with Crippen molar-refractivity contribution in [2.75, 3.05) is 26.3 Å². The number of alkyl halides is 3. The molecule has 3 aromatic rings. The van der Waals surface area contributed by atoms with Crippen LogP contribution in [0, 0.1) is 0 Å². The van der Waals surface area contributed by atoms with E-state index < -0.39 is 5.92 Å². The van der Waals surface area contributed by atoms with Gasteiger partial charge in [-0.25, -0.2) is 8.78 Å². The molecule has 0 bridgehead atoms. The summed E-state index contributed by atoms with van der Waals surface area (Å²) in [7, 11) is 0. The fourth-order valence-corrected chi connectivity index (χ4v) is 5.67. The minimum atomic E-state index is -2.91. The molecule has 1 heterocycles. The van der Waals surface area contributed by atoms with E-state index in [2.05, 4.69) is 9.84 Å². The van der Waals surface area contributed by atoms with Crippen LogP contribution in [0.3, 0.4) is 0 Å². The summed E-state index contributed by atoms with van der Waals surface area (Å²) in [5, 5.41) is 0. The van der Waals surface area contributed by atoms with Crippen LogP contribution in [0.2, 0.25) is 0 Å². The highest BCUT2D eigenvalue weighted by atomic mass is 19.3. The average molecular weight is 540 g/mol. The van der Waals surface area contributed by atoms with E-state index in [-0.39, 0.29) is 24.1 Å². The summed E-state index contributed by atoms with van der Waals surface area (Å²) < 4.78 is 59.5. The molecule has 3 nitrogen and oxygen atoms in total. The number of benzene rings is 3.